The monoisotopic (exact) mass is 252 g/mol. The molecule has 0 saturated carbocycles. The van der Waals surface area contributed by atoms with E-state index in [-0.39, 0.29) is 17.8 Å². The van der Waals surface area contributed by atoms with Crippen LogP contribution in [0.5, 0.6) is 0 Å². The maximum atomic E-state index is 13.0. The molecule has 1 atom stereocenters. The average Bonchev–Trinajstić information content (AvgIpc) is 2.29. The third-order valence-corrected chi connectivity index (χ3v) is 2.65. The molecule has 100 valence electrons. The summed E-state index contributed by atoms with van der Waals surface area (Å²) in [6, 6.07) is 6.83. The predicted molar refractivity (Wildman–Crippen MR) is 70.9 cm³/mol. The van der Waals surface area contributed by atoms with E-state index in [1.54, 1.807) is 12.1 Å². The minimum absolute atomic E-state index is 0.0583. The number of rotatable bonds is 7. The fraction of sp³-hybridized carbons (Fsp3) is 0.500. The van der Waals surface area contributed by atoms with E-state index >= 15 is 0 Å². The Bertz CT molecular complexity index is 382. The maximum Gasteiger partial charge on any atom is 0.221 e. The second-order valence-electron chi connectivity index (χ2n) is 4.39. The topological polar surface area (TPSA) is 41.1 Å². The first-order valence-electron chi connectivity index (χ1n) is 6.36. The van der Waals surface area contributed by atoms with Crippen LogP contribution in [0.2, 0.25) is 0 Å². The van der Waals surface area contributed by atoms with Crippen LogP contribution in [0.3, 0.4) is 0 Å². The van der Waals surface area contributed by atoms with Gasteiger partial charge in [-0.25, -0.2) is 4.39 Å². The fourth-order valence-corrected chi connectivity index (χ4v) is 1.81. The van der Waals surface area contributed by atoms with E-state index in [2.05, 4.69) is 10.6 Å². The lowest BCUT2D eigenvalue weighted by Gasteiger charge is -2.13. The van der Waals surface area contributed by atoms with Gasteiger partial charge in [-0.3, -0.25) is 4.79 Å². The molecule has 0 aliphatic rings. The van der Waals surface area contributed by atoms with E-state index < -0.39 is 0 Å². The molecule has 0 saturated heterocycles. The molecule has 3 nitrogen and oxygen atoms in total. The van der Waals surface area contributed by atoms with Crippen molar-refractivity contribution in [3.8, 4) is 0 Å². The minimum Gasteiger partial charge on any atom is -0.356 e. The standard InChI is InChI=1S/C14H21FN2O/c1-3-16-14(18)7-8-17-11(2)9-12-5-4-6-13(15)10-12/h4-6,10-11,17H,3,7-9H2,1-2H3,(H,16,18). The summed E-state index contributed by atoms with van der Waals surface area (Å²) in [5.74, 6) is -0.148. The fourth-order valence-electron chi connectivity index (χ4n) is 1.81. The van der Waals surface area contributed by atoms with Crippen molar-refractivity contribution in [2.75, 3.05) is 13.1 Å². The van der Waals surface area contributed by atoms with Crippen molar-refractivity contribution in [2.45, 2.75) is 32.7 Å². The van der Waals surface area contributed by atoms with Crippen LogP contribution in [0.1, 0.15) is 25.8 Å². The molecule has 1 aromatic rings. The number of nitrogens with one attached hydrogen (secondary N) is 2. The maximum absolute atomic E-state index is 13.0. The Kier molecular flexibility index (Phi) is 6.36. The minimum atomic E-state index is -0.206. The molecule has 1 amide bonds. The van der Waals surface area contributed by atoms with Gasteiger partial charge in [0.1, 0.15) is 5.82 Å². The number of hydrogen-bond donors (Lipinski definition) is 2. The van der Waals surface area contributed by atoms with Crippen LogP contribution < -0.4 is 10.6 Å². The second kappa shape index (κ2) is 7.82. The molecule has 0 radical (unpaired) electrons. The third-order valence-electron chi connectivity index (χ3n) is 2.65. The van der Waals surface area contributed by atoms with Gasteiger partial charge < -0.3 is 10.6 Å². The predicted octanol–water partition coefficient (Wildman–Crippen LogP) is 1.87. The van der Waals surface area contributed by atoms with Crippen molar-refractivity contribution in [3.05, 3.63) is 35.6 Å². The van der Waals surface area contributed by atoms with E-state index in [1.807, 2.05) is 19.9 Å². The zero-order valence-corrected chi connectivity index (χ0v) is 11.0. The molecule has 0 bridgehead atoms. The first-order chi connectivity index (χ1) is 8.61. The third kappa shape index (κ3) is 5.77. The van der Waals surface area contributed by atoms with E-state index in [0.29, 0.717) is 19.5 Å². The van der Waals surface area contributed by atoms with Gasteiger partial charge in [0.15, 0.2) is 0 Å². The summed E-state index contributed by atoms with van der Waals surface area (Å²) >= 11 is 0. The van der Waals surface area contributed by atoms with Gasteiger partial charge in [-0.15, -0.1) is 0 Å². The van der Waals surface area contributed by atoms with Crippen molar-refractivity contribution in [2.24, 2.45) is 0 Å². The number of carbonyl (C=O) groups excluding carboxylic acids is 1. The van der Waals surface area contributed by atoms with E-state index in [1.165, 1.54) is 6.07 Å². The molecule has 1 rings (SSSR count). The van der Waals surface area contributed by atoms with Crippen molar-refractivity contribution in [3.63, 3.8) is 0 Å². The molecule has 2 N–H and O–H groups in total. The normalized spacial score (nSPS) is 12.2. The summed E-state index contributed by atoms with van der Waals surface area (Å²) in [5.41, 5.74) is 0.966. The molecule has 4 heteroatoms. The van der Waals surface area contributed by atoms with Crippen LogP contribution in [0.4, 0.5) is 4.39 Å². The first-order valence-corrected chi connectivity index (χ1v) is 6.36. The van der Waals surface area contributed by atoms with Gasteiger partial charge >= 0.3 is 0 Å². The molecule has 1 unspecified atom stereocenters. The number of hydrogen-bond acceptors (Lipinski definition) is 2. The molecular formula is C14H21FN2O. The van der Waals surface area contributed by atoms with Crippen LogP contribution >= 0.6 is 0 Å². The van der Waals surface area contributed by atoms with Gasteiger partial charge in [0, 0.05) is 25.6 Å². The Labute approximate surface area is 108 Å². The molecule has 0 spiro atoms. The highest BCUT2D eigenvalue weighted by Gasteiger charge is 2.05. The van der Waals surface area contributed by atoms with E-state index in [0.717, 1.165) is 12.0 Å². The van der Waals surface area contributed by atoms with E-state index in [4.69, 9.17) is 0 Å². The Balaban J connectivity index is 2.25. The van der Waals surface area contributed by atoms with Crippen molar-refractivity contribution in [1.82, 2.24) is 10.6 Å². The van der Waals surface area contributed by atoms with Gasteiger partial charge in [-0.05, 0) is 38.0 Å². The zero-order valence-electron chi connectivity index (χ0n) is 11.0. The van der Waals surface area contributed by atoms with Crippen LogP contribution in [-0.2, 0) is 11.2 Å². The molecule has 1 aromatic carbocycles. The molecule has 0 aliphatic carbocycles. The Morgan fingerprint density at radius 2 is 2.22 bits per heavy atom. The zero-order chi connectivity index (χ0) is 13.4. The van der Waals surface area contributed by atoms with Gasteiger partial charge in [0.2, 0.25) is 5.91 Å². The highest BCUT2D eigenvalue weighted by Crippen LogP contribution is 2.06. The summed E-state index contributed by atoms with van der Waals surface area (Å²) in [7, 11) is 0. The lowest BCUT2D eigenvalue weighted by molar-refractivity contribution is -0.120. The smallest absolute Gasteiger partial charge is 0.221 e. The molecule has 0 aliphatic heterocycles. The molecule has 0 aromatic heterocycles. The van der Waals surface area contributed by atoms with Crippen molar-refractivity contribution < 1.29 is 9.18 Å². The van der Waals surface area contributed by atoms with Crippen molar-refractivity contribution >= 4 is 5.91 Å². The van der Waals surface area contributed by atoms with E-state index in [9.17, 15) is 9.18 Å². The molecule has 0 heterocycles. The highest BCUT2D eigenvalue weighted by molar-refractivity contribution is 5.75. The van der Waals surface area contributed by atoms with Gasteiger partial charge in [0.05, 0.1) is 0 Å². The van der Waals surface area contributed by atoms with Gasteiger partial charge in [-0.2, -0.15) is 0 Å². The van der Waals surface area contributed by atoms with Crippen LogP contribution in [0, 0.1) is 5.82 Å². The second-order valence-corrected chi connectivity index (χ2v) is 4.39. The lowest BCUT2D eigenvalue weighted by atomic mass is 10.1. The number of carbonyl (C=O) groups is 1. The summed E-state index contributed by atoms with van der Waals surface area (Å²) in [6.45, 7) is 5.24. The summed E-state index contributed by atoms with van der Waals surface area (Å²) in [5, 5.41) is 6.00. The van der Waals surface area contributed by atoms with Crippen LogP contribution in [0.25, 0.3) is 0 Å². The van der Waals surface area contributed by atoms with Gasteiger partial charge in [-0.1, -0.05) is 12.1 Å². The summed E-state index contributed by atoms with van der Waals surface area (Å²) in [4.78, 5) is 11.2. The highest BCUT2D eigenvalue weighted by atomic mass is 19.1. The molecular weight excluding hydrogens is 231 g/mol. The Morgan fingerprint density at radius 3 is 2.89 bits per heavy atom. The SMILES string of the molecule is CCNC(=O)CCNC(C)Cc1cccc(F)c1. The van der Waals surface area contributed by atoms with Crippen LogP contribution in [0.15, 0.2) is 24.3 Å². The Morgan fingerprint density at radius 1 is 1.44 bits per heavy atom. The Hall–Kier alpha value is -1.42. The average molecular weight is 252 g/mol. The lowest BCUT2D eigenvalue weighted by Crippen LogP contribution is -2.33. The summed E-state index contributed by atoms with van der Waals surface area (Å²) < 4.78 is 13.0. The quantitative estimate of drug-likeness (QED) is 0.778. The number of benzene rings is 1. The first kappa shape index (κ1) is 14.6. The number of amides is 1. The molecule has 18 heavy (non-hydrogen) atoms. The van der Waals surface area contributed by atoms with Crippen LogP contribution in [-0.4, -0.2) is 25.0 Å². The van der Waals surface area contributed by atoms with Gasteiger partial charge in [0.25, 0.3) is 0 Å². The number of halogens is 1. The summed E-state index contributed by atoms with van der Waals surface area (Å²) in [6.07, 6.45) is 1.23. The van der Waals surface area contributed by atoms with Crippen molar-refractivity contribution in [1.29, 1.82) is 0 Å². The largest absolute Gasteiger partial charge is 0.356 e. The molecule has 0 fully saturated rings.